The van der Waals surface area contributed by atoms with Crippen molar-refractivity contribution in [3.8, 4) is 0 Å². The molecule has 25 heavy (non-hydrogen) atoms. The molecule has 0 unspecified atom stereocenters. The fourth-order valence-electron chi connectivity index (χ4n) is 2.05. The molecule has 1 heterocycles. The molecule has 0 saturated heterocycles. The summed E-state index contributed by atoms with van der Waals surface area (Å²) >= 11 is 3.31. The molecule has 2 rings (SSSR count). The normalized spacial score (nSPS) is 16.8. The first kappa shape index (κ1) is 19.7. The SMILES string of the molecule is C[C@@H](Nc1nc(NC2=CCCC(C(F)(F)F)=C2)ncc1Br)C(C)(C)O. The Hall–Kier alpha value is -1.61. The molecule has 1 aliphatic carbocycles. The number of halogens is 4. The van der Waals surface area contributed by atoms with Gasteiger partial charge >= 0.3 is 6.18 Å². The highest BCUT2D eigenvalue weighted by Crippen LogP contribution is 2.33. The molecular formula is C16H20BrF3N4O. The summed E-state index contributed by atoms with van der Waals surface area (Å²) in [6.45, 7) is 5.12. The molecule has 0 spiro atoms. The van der Waals surface area contributed by atoms with E-state index in [-0.39, 0.29) is 18.4 Å². The third kappa shape index (κ3) is 5.43. The number of aliphatic hydroxyl groups is 1. The zero-order valence-corrected chi connectivity index (χ0v) is 15.7. The summed E-state index contributed by atoms with van der Waals surface area (Å²) in [7, 11) is 0. The fourth-order valence-corrected chi connectivity index (χ4v) is 2.36. The van der Waals surface area contributed by atoms with E-state index in [2.05, 4.69) is 36.5 Å². The number of allylic oxidation sites excluding steroid dienone is 3. The number of nitrogens with zero attached hydrogens (tertiary/aromatic N) is 2. The number of hydrogen-bond donors (Lipinski definition) is 3. The van der Waals surface area contributed by atoms with Crippen LogP contribution in [0.15, 0.2) is 34.1 Å². The van der Waals surface area contributed by atoms with Gasteiger partial charge in [-0.1, -0.05) is 6.08 Å². The van der Waals surface area contributed by atoms with Crippen LogP contribution in [-0.4, -0.2) is 32.9 Å². The van der Waals surface area contributed by atoms with Crippen molar-refractivity contribution in [1.82, 2.24) is 9.97 Å². The Kier molecular flexibility index (Phi) is 5.78. The predicted octanol–water partition coefficient (Wildman–Crippen LogP) is 4.39. The Bertz CT molecular complexity index is 696. The number of anilines is 2. The molecular weight excluding hydrogens is 401 g/mol. The number of rotatable bonds is 5. The van der Waals surface area contributed by atoms with E-state index in [9.17, 15) is 18.3 Å². The van der Waals surface area contributed by atoms with Gasteiger partial charge in [-0.2, -0.15) is 18.2 Å². The van der Waals surface area contributed by atoms with E-state index in [1.807, 2.05) is 0 Å². The first-order valence-corrected chi connectivity index (χ1v) is 8.52. The summed E-state index contributed by atoms with van der Waals surface area (Å²) in [6.07, 6.45) is 0.161. The van der Waals surface area contributed by atoms with Crippen LogP contribution in [0.2, 0.25) is 0 Å². The summed E-state index contributed by atoms with van der Waals surface area (Å²) in [5.74, 6) is 0.600. The minimum absolute atomic E-state index is 0.0359. The molecule has 5 nitrogen and oxygen atoms in total. The maximum absolute atomic E-state index is 12.8. The van der Waals surface area contributed by atoms with Crippen LogP contribution < -0.4 is 10.6 Å². The van der Waals surface area contributed by atoms with Gasteiger partial charge in [0.2, 0.25) is 5.95 Å². The predicted molar refractivity (Wildman–Crippen MR) is 94.2 cm³/mol. The van der Waals surface area contributed by atoms with E-state index >= 15 is 0 Å². The van der Waals surface area contributed by atoms with Crippen molar-refractivity contribution in [1.29, 1.82) is 0 Å². The Morgan fingerprint density at radius 1 is 1.32 bits per heavy atom. The van der Waals surface area contributed by atoms with Crippen LogP contribution >= 0.6 is 15.9 Å². The molecule has 1 atom stereocenters. The van der Waals surface area contributed by atoms with Gasteiger partial charge in [0.15, 0.2) is 0 Å². The highest BCUT2D eigenvalue weighted by molar-refractivity contribution is 9.10. The quantitative estimate of drug-likeness (QED) is 0.658. The Labute approximate surface area is 152 Å². The van der Waals surface area contributed by atoms with Crippen LogP contribution in [-0.2, 0) is 0 Å². The number of hydrogen-bond acceptors (Lipinski definition) is 5. The van der Waals surface area contributed by atoms with Crippen molar-refractivity contribution in [3.05, 3.63) is 34.1 Å². The van der Waals surface area contributed by atoms with E-state index in [4.69, 9.17) is 0 Å². The van der Waals surface area contributed by atoms with Crippen LogP contribution in [0.1, 0.15) is 33.6 Å². The zero-order chi connectivity index (χ0) is 18.8. The first-order chi connectivity index (χ1) is 11.5. The van der Waals surface area contributed by atoms with E-state index in [0.29, 0.717) is 22.4 Å². The highest BCUT2D eigenvalue weighted by atomic mass is 79.9. The van der Waals surface area contributed by atoms with Gasteiger partial charge in [0.25, 0.3) is 0 Å². The number of alkyl halides is 3. The molecule has 0 aliphatic heterocycles. The molecule has 0 radical (unpaired) electrons. The molecule has 0 fully saturated rings. The lowest BCUT2D eigenvalue weighted by Crippen LogP contribution is -2.39. The summed E-state index contributed by atoms with van der Waals surface area (Å²) in [5.41, 5.74) is -1.25. The smallest absolute Gasteiger partial charge is 0.388 e. The Balaban J connectivity index is 2.17. The van der Waals surface area contributed by atoms with E-state index < -0.39 is 17.4 Å². The molecule has 1 aromatic rings. The second-order valence-electron chi connectivity index (χ2n) is 6.40. The van der Waals surface area contributed by atoms with Crippen LogP contribution in [0.5, 0.6) is 0 Å². The minimum Gasteiger partial charge on any atom is -0.388 e. The maximum atomic E-state index is 12.8. The zero-order valence-electron chi connectivity index (χ0n) is 14.1. The minimum atomic E-state index is -4.34. The van der Waals surface area contributed by atoms with E-state index in [0.717, 1.165) is 6.08 Å². The van der Waals surface area contributed by atoms with E-state index in [1.54, 1.807) is 26.8 Å². The molecule has 0 bridgehead atoms. The lowest BCUT2D eigenvalue weighted by atomic mass is 10.0. The van der Waals surface area contributed by atoms with Crippen molar-refractivity contribution < 1.29 is 18.3 Å². The molecule has 0 amide bonds. The summed E-state index contributed by atoms with van der Waals surface area (Å²) in [5, 5.41) is 15.9. The lowest BCUT2D eigenvalue weighted by Gasteiger charge is -2.27. The Morgan fingerprint density at radius 3 is 2.60 bits per heavy atom. The van der Waals surface area contributed by atoms with Gasteiger partial charge in [0.1, 0.15) is 5.82 Å². The second-order valence-corrected chi connectivity index (χ2v) is 7.25. The molecule has 1 aromatic heterocycles. The van der Waals surface area contributed by atoms with Gasteiger partial charge < -0.3 is 15.7 Å². The molecule has 9 heteroatoms. The molecule has 138 valence electrons. The largest absolute Gasteiger partial charge is 0.412 e. The number of nitrogens with one attached hydrogen (secondary N) is 2. The van der Waals surface area contributed by atoms with Crippen LogP contribution in [0.25, 0.3) is 0 Å². The average molecular weight is 421 g/mol. The van der Waals surface area contributed by atoms with Crippen molar-refractivity contribution in [2.75, 3.05) is 10.6 Å². The molecule has 1 aliphatic rings. The summed E-state index contributed by atoms with van der Waals surface area (Å²) in [6, 6.07) is -0.308. The average Bonchev–Trinajstić information content (AvgIpc) is 2.49. The Morgan fingerprint density at radius 2 is 2.00 bits per heavy atom. The van der Waals surface area contributed by atoms with Gasteiger partial charge in [-0.25, -0.2) is 4.98 Å². The van der Waals surface area contributed by atoms with Crippen LogP contribution in [0.4, 0.5) is 24.9 Å². The third-order valence-corrected chi connectivity index (χ3v) is 4.47. The van der Waals surface area contributed by atoms with Crippen molar-refractivity contribution in [3.63, 3.8) is 0 Å². The molecule has 0 saturated carbocycles. The van der Waals surface area contributed by atoms with Gasteiger partial charge in [-0.05, 0) is 55.6 Å². The van der Waals surface area contributed by atoms with Crippen LogP contribution in [0, 0.1) is 0 Å². The van der Waals surface area contributed by atoms with Gasteiger partial charge in [-0.3, -0.25) is 0 Å². The fraction of sp³-hybridized carbons (Fsp3) is 0.500. The first-order valence-electron chi connectivity index (χ1n) is 7.73. The van der Waals surface area contributed by atoms with Crippen molar-refractivity contribution in [2.24, 2.45) is 0 Å². The molecule has 0 aromatic carbocycles. The monoisotopic (exact) mass is 420 g/mol. The van der Waals surface area contributed by atoms with E-state index in [1.165, 1.54) is 6.20 Å². The lowest BCUT2D eigenvalue weighted by molar-refractivity contribution is -0.0941. The van der Waals surface area contributed by atoms with Crippen molar-refractivity contribution in [2.45, 2.75) is 51.4 Å². The summed E-state index contributed by atoms with van der Waals surface area (Å²) < 4.78 is 39.1. The maximum Gasteiger partial charge on any atom is 0.412 e. The topological polar surface area (TPSA) is 70.1 Å². The van der Waals surface area contributed by atoms with Gasteiger partial charge in [-0.15, -0.1) is 0 Å². The van der Waals surface area contributed by atoms with Gasteiger partial charge in [0.05, 0.1) is 16.1 Å². The molecule has 3 N–H and O–H groups in total. The van der Waals surface area contributed by atoms with Crippen LogP contribution in [0.3, 0.4) is 0 Å². The van der Waals surface area contributed by atoms with Crippen molar-refractivity contribution >= 4 is 27.7 Å². The highest BCUT2D eigenvalue weighted by Gasteiger charge is 2.34. The third-order valence-electron chi connectivity index (χ3n) is 3.88. The second kappa shape index (κ2) is 7.33. The standard InChI is InChI=1S/C16H20BrF3N4O/c1-9(15(2,3)25)22-13-12(17)8-21-14(24-13)23-11-6-4-5-10(7-11)16(18,19)20/h6-9,25H,4-5H2,1-3H3,(H2,21,22,23,24)/t9-/m1/s1. The van der Waals surface area contributed by atoms with Gasteiger partial charge in [0, 0.05) is 17.5 Å². The summed E-state index contributed by atoms with van der Waals surface area (Å²) in [4.78, 5) is 8.33. The number of aromatic nitrogens is 2.